The molecule has 2 aromatic carbocycles. The van der Waals surface area contributed by atoms with Crippen molar-refractivity contribution < 1.29 is 13.2 Å². The molecule has 32 heavy (non-hydrogen) atoms. The van der Waals surface area contributed by atoms with Gasteiger partial charge in [0, 0.05) is 24.7 Å². The highest BCUT2D eigenvalue weighted by atomic mass is 32.2. The Kier molecular flexibility index (Phi) is 6.41. The highest BCUT2D eigenvalue weighted by Crippen LogP contribution is 2.32. The Morgan fingerprint density at radius 1 is 1.03 bits per heavy atom. The number of anilines is 1. The van der Waals surface area contributed by atoms with Crippen LogP contribution in [-0.4, -0.2) is 41.9 Å². The van der Waals surface area contributed by atoms with Gasteiger partial charge in [0.05, 0.1) is 4.90 Å². The molecule has 3 aromatic rings. The highest BCUT2D eigenvalue weighted by molar-refractivity contribution is 7.89. The SMILES string of the molecule is Cc1ccc(NC(=O)c2nnc([C@H]3CCCN(S(=O)(=O)c4cc(C)cc(C)c4)C3)s2)cc1. The molecule has 0 unspecified atom stereocenters. The van der Waals surface area contributed by atoms with E-state index in [-0.39, 0.29) is 16.8 Å². The number of aryl methyl sites for hydroxylation is 3. The number of piperidine rings is 1. The molecule has 7 nitrogen and oxygen atoms in total. The van der Waals surface area contributed by atoms with Crippen molar-refractivity contribution in [2.24, 2.45) is 0 Å². The summed E-state index contributed by atoms with van der Waals surface area (Å²) < 4.78 is 28.0. The maximum Gasteiger partial charge on any atom is 0.286 e. The van der Waals surface area contributed by atoms with Gasteiger partial charge in [-0.15, -0.1) is 10.2 Å². The predicted molar refractivity (Wildman–Crippen MR) is 126 cm³/mol. The Balaban J connectivity index is 1.48. The molecule has 0 bridgehead atoms. The molecule has 1 fully saturated rings. The second-order valence-electron chi connectivity index (χ2n) is 8.29. The first kappa shape index (κ1) is 22.6. The van der Waals surface area contributed by atoms with Crippen molar-refractivity contribution in [2.75, 3.05) is 18.4 Å². The van der Waals surface area contributed by atoms with E-state index in [1.165, 1.54) is 15.6 Å². The molecule has 4 rings (SSSR count). The summed E-state index contributed by atoms with van der Waals surface area (Å²) in [5.74, 6) is -0.393. The lowest BCUT2D eigenvalue weighted by molar-refractivity contribution is 0.102. The zero-order valence-corrected chi connectivity index (χ0v) is 20.0. The van der Waals surface area contributed by atoms with Crippen molar-refractivity contribution in [1.82, 2.24) is 14.5 Å². The van der Waals surface area contributed by atoms with Gasteiger partial charge in [0.1, 0.15) is 5.01 Å². The number of carbonyl (C=O) groups excluding carboxylic acids is 1. The van der Waals surface area contributed by atoms with Crippen LogP contribution in [0.4, 0.5) is 5.69 Å². The number of benzene rings is 2. The van der Waals surface area contributed by atoms with Crippen molar-refractivity contribution >= 4 is 33.0 Å². The van der Waals surface area contributed by atoms with E-state index in [1.807, 2.05) is 51.1 Å². The molecule has 1 saturated heterocycles. The number of aromatic nitrogens is 2. The fraction of sp³-hybridized carbons (Fsp3) is 0.348. The molecule has 1 aromatic heterocycles. The smallest absolute Gasteiger partial charge is 0.286 e. The molecular formula is C23H26N4O3S2. The fourth-order valence-corrected chi connectivity index (χ4v) is 6.48. The lowest BCUT2D eigenvalue weighted by atomic mass is 10.0. The molecule has 1 atom stereocenters. The molecule has 0 aliphatic carbocycles. The second-order valence-corrected chi connectivity index (χ2v) is 11.2. The third-order valence-corrected chi connectivity index (χ3v) is 8.44. The first-order valence-electron chi connectivity index (χ1n) is 10.5. The lowest BCUT2D eigenvalue weighted by Gasteiger charge is -2.30. The zero-order chi connectivity index (χ0) is 22.9. The molecule has 168 valence electrons. The number of nitrogens with one attached hydrogen (secondary N) is 1. The van der Waals surface area contributed by atoms with Crippen LogP contribution in [0.1, 0.15) is 50.3 Å². The summed E-state index contributed by atoms with van der Waals surface area (Å²) in [5.41, 5.74) is 3.65. The number of nitrogens with zero attached hydrogens (tertiary/aromatic N) is 3. The van der Waals surface area contributed by atoms with Crippen molar-refractivity contribution in [3.63, 3.8) is 0 Å². The Labute approximate surface area is 192 Å². The van der Waals surface area contributed by atoms with Crippen LogP contribution in [0.15, 0.2) is 47.4 Å². The average Bonchev–Trinajstić information content (AvgIpc) is 3.25. The van der Waals surface area contributed by atoms with E-state index in [2.05, 4.69) is 15.5 Å². The van der Waals surface area contributed by atoms with Gasteiger partial charge in [0.15, 0.2) is 0 Å². The normalized spacial score (nSPS) is 17.3. The number of carbonyl (C=O) groups is 1. The second kappa shape index (κ2) is 9.09. The van der Waals surface area contributed by atoms with Crippen LogP contribution < -0.4 is 5.32 Å². The summed E-state index contributed by atoms with van der Waals surface area (Å²) in [5, 5.41) is 12.1. The number of rotatable bonds is 5. The minimum Gasteiger partial charge on any atom is -0.320 e. The van der Waals surface area contributed by atoms with Crippen LogP contribution >= 0.6 is 11.3 Å². The van der Waals surface area contributed by atoms with Gasteiger partial charge in [-0.05, 0) is 69.0 Å². The standard InChI is InChI=1S/C23H26N4O3S2/c1-15-6-8-19(9-7-15)24-21(28)23-26-25-22(31-23)18-5-4-10-27(14-18)32(29,30)20-12-16(2)11-17(3)13-20/h6-9,11-13,18H,4-5,10,14H2,1-3H3,(H,24,28)/t18-/m0/s1. The van der Waals surface area contributed by atoms with Crippen molar-refractivity contribution in [2.45, 2.75) is 44.4 Å². The predicted octanol–water partition coefficient (Wildman–Crippen LogP) is 4.28. The number of sulfonamides is 1. The number of hydrogen-bond acceptors (Lipinski definition) is 6. The molecule has 1 amide bonds. The van der Waals surface area contributed by atoms with Gasteiger partial charge in [-0.1, -0.05) is 35.1 Å². The Bertz CT molecular complexity index is 1220. The van der Waals surface area contributed by atoms with Crippen molar-refractivity contribution in [3.8, 4) is 0 Å². The maximum atomic E-state index is 13.2. The summed E-state index contributed by atoms with van der Waals surface area (Å²) in [6, 6.07) is 12.9. The monoisotopic (exact) mass is 470 g/mol. The quantitative estimate of drug-likeness (QED) is 0.601. The van der Waals surface area contributed by atoms with Crippen LogP contribution in [0.2, 0.25) is 0 Å². The Morgan fingerprint density at radius 3 is 2.41 bits per heavy atom. The topological polar surface area (TPSA) is 92.3 Å². The van der Waals surface area contributed by atoms with Gasteiger partial charge in [0.25, 0.3) is 5.91 Å². The molecule has 1 N–H and O–H groups in total. The van der Waals surface area contributed by atoms with E-state index >= 15 is 0 Å². The summed E-state index contributed by atoms with van der Waals surface area (Å²) in [7, 11) is -3.59. The summed E-state index contributed by atoms with van der Waals surface area (Å²) in [6.45, 7) is 6.59. The van der Waals surface area contributed by atoms with E-state index in [0.717, 1.165) is 29.5 Å². The first-order valence-corrected chi connectivity index (χ1v) is 12.8. The molecule has 2 heterocycles. The van der Waals surface area contributed by atoms with E-state index in [9.17, 15) is 13.2 Å². The fourth-order valence-electron chi connectivity index (χ4n) is 3.91. The maximum absolute atomic E-state index is 13.2. The van der Waals surface area contributed by atoms with E-state index in [4.69, 9.17) is 0 Å². The zero-order valence-electron chi connectivity index (χ0n) is 18.3. The van der Waals surface area contributed by atoms with Crippen LogP contribution in [0.3, 0.4) is 0 Å². The molecule has 1 aliphatic rings. The largest absolute Gasteiger partial charge is 0.320 e. The number of amides is 1. The third-order valence-electron chi connectivity index (χ3n) is 5.51. The minimum atomic E-state index is -3.59. The van der Waals surface area contributed by atoms with E-state index < -0.39 is 10.0 Å². The molecule has 0 spiro atoms. The summed E-state index contributed by atoms with van der Waals surface area (Å²) >= 11 is 1.23. The molecule has 9 heteroatoms. The van der Waals surface area contributed by atoms with Gasteiger partial charge < -0.3 is 5.32 Å². The van der Waals surface area contributed by atoms with Gasteiger partial charge in [-0.2, -0.15) is 4.31 Å². The van der Waals surface area contributed by atoms with Crippen LogP contribution in [0, 0.1) is 20.8 Å². The van der Waals surface area contributed by atoms with Gasteiger partial charge in [-0.25, -0.2) is 8.42 Å². The lowest BCUT2D eigenvalue weighted by Crippen LogP contribution is -2.39. The summed E-state index contributed by atoms with van der Waals surface area (Å²) in [4.78, 5) is 12.9. The van der Waals surface area contributed by atoms with Crippen molar-refractivity contribution in [1.29, 1.82) is 0 Å². The van der Waals surface area contributed by atoms with Crippen LogP contribution in [0.25, 0.3) is 0 Å². The van der Waals surface area contributed by atoms with E-state index in [0.29, 0.717) is 28.7 Å². The van der Waals surface area contributed by atoms with Gasteiger partial charge in [-0.3, -0.25) is 4.79 Å². The Hall–Kier alpha value is -2.62. The van der Waals surface area contributed by atoms with Gasteiger partial charge >= 0.3 is 0 Å². The molecular weight excluding hydrogens is 444 g/mol. The molecule has 1 aliphatic heterocycles. The van der Waals surface area contributed by atoms with Crippen LogP contribution in [-0.2, 0) is 10.0 Å². The summed E-state index contributed by atoms with van der Waals surface area (Å²) in [6.07, 6.45) is 1.55. The number of hydrogen-bond donors (Lipinski definition) is 1. The van der Waals surface area contributed by atoms with Gasteiger partial charge in [0.2, 0.25) is 15.0 Å². The Morgan fingerprint density at radius 2 is 1.72 bits per heavy atom. The highest BCUT2D eigenvalue weighted by Gasteiger charge is 2.33. The third kappa shape index (κ3) is 4.90. The van der Waals surface area contributed by atoms with E-state index in [1.54, 1.807) is 12.1 Å². The van der Waals surface area contributed by atoms with Crippen molar-refractivity contribution in [3.05, 3.63) is 69.2 Å². The molecule has 0 saturated carbocycles. The average molecular weight is 471 g/mol. The molecule has 0 radical (unpaired) electrons. The minimum absolute atomic E-state index is 0.0807. The van der Waals surface area contributed by atoms with Crippen LogP contribution in [0.5, 0.6) is 0 Å². The first-order chi connectivity index (χ1) is 15.2.